The number of carbonyl (C=O) groups excluding carboxylic acids is 2. The first-order chi connectivity index (χ1) is 20.2. The number of aryl methyl sites for hydroxylation is 2. The second-order valence-electron chi connectivity index (χ2n) is 11.3. The zero-order valence-electron chi connectivity index (χ0n) is 25.0. The standard InChI is InChI=1S/C34H43N3O4S/c1-4-32(34(39)35-29-15-9-6-10-16-29)36(23-22-28-13-7-5-8-14-28)33(38)25-37(30-17-11-12-27(3)24-30)42(40,41)31-20-18-26(2)19-21-31/h5,7-8,11-14,17-21,24,29,32H,4,6,9-10,15-16,22-23,25H2,1-3H3,(H,35,39)/t32-/m1/s1. The molecule has 8 heteroatoms. The van der Waals surface area contributed by atoms with E-state index in [-0.39, 0.29) is 16.8 Å². The molecule has 7 nitrogen and oxygen atoms in total. The van der Waals surface area contributed by atoms with Crippen LogP contribution in [0.5, 0.6) is 0 Å². The van der Waals surface area contributed by atoms with Gasteiger partial charge in [-0.3, -0.25) is 13.9 Å². The number of benzene rings is 3. The van der Waals surface area contributed by atoms with E-state index in [1.54, 1.807) is 47.4 Å². The van der Waals surface area contributed by atoms with Crippen LogP contribution in [0.3, 0.4) is 0 Å². The fourth-order valence-corrected chi connectivity index (χ4v) is 7.00. The van der Waals surface area contributed by atoms with Gasteiger partial charge in [0.2, 0.25) is 11.8 Å². The highest BCUT2D eigenvalue weighted by Gasteiger charge is 2.34. The van der Waals surface area contributed by atoms with Gasteiger partial charge < -0.3 is 10.2 Å². The molecule has 1 fully saturated rings. The molecule has 2 amide bonds. The molecule has 0 spiro atoms. The minimum Gasteiger partial charge on any atom is -0.352 e. The van der Waals surface area contributed by atoms with Crippen molar-refractivity contribution in [3.8, 4) is 0 Å². The van der Waals surface area contributed by atoms with E-state index in [2.05, 4.69) is 5.32 Å². The Hall–Kier alpha value is -3.65. The van der Waals surface area contributed by atoms with Gasteiger partial charge in [0.15, 0.2) is 0 Å². The minimum atomic E-state index is -4.07. The van der Waals surface area contributed by atoms with Crippen molar-refractivity contribution in [1.29, 1.82) is 0 Å². The quantitative estimate of drug-likeness (QED) is 0.289. The zero-order chi connectivity index (χ0) is 30.1. The fourth-order valence-electron chi connectivity index (χ4n) is 5.59. The van der Waals surface area contributed by atoms with Crippen LogP contribution in [0.4, 0.5) is 5.69 Å². The highest BCUT2D eigenvalue weighted by atomic mass is 32.2. The molecule has 0 aromatic heterocycles. The number of hydrogen-bond acceptors (Lipinski definition) is 4. The number of nitrogens with one attached hydrogen (secondary N) is 1. The van der Waals surface area contributed by atoms with Gasteiger partial charge in [0.05, 0.1) is 10.6 Å². The Labute approximate surface area is 251 Å². The Balaban J connectivity index is 1.66. The number of amides is 2. The van der Waals surface area contributed by atoms with Gasteiger partial charge in [-0.25, -0.2) is 8.42 Å². The average molecular weight is 590 g/mol. The molecule has 4 rings (SSSR count). The Morgan fingerprint density at radius 3 is 2.21 bits per heavy atom. The van der Waals surface area contributed by atoms with Crippen molar-refractivity contribution in [2.45, 2.75) is 82.7 Å². The van der Waals surface area contributed by atoms with Gasteiger partial charge in [0.1, 0.15) is 12.6 Å². The fraction of sp³-hybridized carbons (Fsp3) is 0.412. The Morgan fingerprint density at radius 2 is 1.57 bits per heavy atom. The summed E-state index contributed by atoms with van der Waals surface area (Å²) in [5.74, 6) is -0.580. The molecule has 42 heavy (non-hydrogen) atoms. The lowest BCUT2D eigenvalue weighted by molar-refractivity contribution is -0.140. The zero-order valence-corrected chi connectivity index (χ0v) is 25.8. The molecule has 0 heterocycles. The molecule has 1 N–H and O–H groups in total. The Bertz CT molecular complexity index is 1440. The lowest BCUT2D eigenvalue weighted by Gasteiger charge is -2.34. The molecular weight excluding hydrogens is 546 g/mol. The van der Waals surface area contributed by atoms with Crippen molar-refractivity contribution in [2.24, 2.45) is 0 Å². The van der Waals surface area contributed by atoms with E-state index in [1.165, 1.54) is 10.7 Å². The summed E-state index contributed by atoms with van der Waals surface area (Å²) in [4.78, 5) is 29.5. The van der Waals surface area contributed by atoms with E-state index in [1.807, 2.05) is 57.2 Å². The summed E-state index contributed by atoms with van der Waals surface area (Å²) in [6, 6.07) is 23.0. The van der Waals surface area contributed by atoms with Crippen molar-refractivity contribution in [1.82, 2.24) is 10.2 Å². The van der Waals surface area contributed by atoms with Gasteiger partial charge in [-0.2, -0.15) is 0 Å². The first-order valence-electron chi connectivity index (χ1n) is 15.0. The maximum absolute atomic E-state index is 14.2. The molecule has 1 aliphatic carbocycles. The normalized spacial score (nSPS) is 14.6. The lowest BCUT2D eigenvalue weighted by atomic mass is 9.95. The third-order valence-corrected chi connectivity index (χ3v) is 9.79. The van der Waals surface area contributed by atoms with Crippen molar-refractivity contribution in [2.75, 3.05) is 17.4 Å². The predicted molar refractivity (Wildman–Crippen MR) is 168 cm³/mol. The Kier molecular flexibility index (Phi) is 10.8. The molecule has 3 aromatic rings. The van der Waals surface area contributed by atoms with E-state index in [4.69, 9.17) is 0 Å². The lowest BCUT2D eigenvalue weighted by Crippen LogP contribution is -2.54. The summed E-state index contributed by atoms with van der Waals surface area (Å²) in [5, 5.41) is 3.19. The van der Waals surface area contributed by atoms with Gasteiger partial charge in [0.25, 0.3) is 10.0 Å². The Morgan fingerprint density at radius 1 is 0.881 bits per heavy atom. The number of rotatable bonds is 12. The second kappa shape index (κ2) is 14.5. The van der Waals surface area contributed by atoms with Crippen LogP contribution in [0.1, 0.15) is 62.1 Å². The highest BCUT2D eigenvalue weighted by Crippen LogP contribution is 2.26. The first-order valence-corrected chi connectivity index (χ1v) is 16.4. The van der Waals surface area contributed by atoms with Gasteiger partial charge >= 0.3 is 0 Å². The SMILES string of the molecule is CC[C@H](C(=O)NC1CCCCC1)N(CCc1ccccc1)C(=O)CN(c1cccc(C)c1)S(=O)(=O)c1ccc(C)cc1. The third-order valence-electron chi connectivity index (χ3n) is 8.00. The van der Waals surface area contributed by atoms with Gasteiger partial charge in [-0.1, -0.05) is 86.3 Å². The van der Waals surface area contributed by atoms with E-state index in [0.717, 1.165) is 42.4 Å². The summed E-state index contributed by atoms with van der Waals surface area (Å²) in [6.07, 6.45) is 6.20. The number of sulfonamides is 1. The van der Waals surface area contributed by atoms with Crippen LogP contribution < -0.4 is 9.62 Å². The van der Waals surface area contributed by atoms with Crippen molar-refractivity contribution in [3.05, 3.63) is 95.6 Å². The van der Waals surface area contributed by atoms with Crippen LogP contribution in [0, 0.1) is 13.8 Å². The second-order valence-corrected chi connectivity index (χ2v) is 13.1. The number of carbonyl (C=O) groups is 2. The maximum atomic E-state index is 14.2. The summed E-state index contributed by atoms with van der Waals surface area (Å²) in [6.45, 7) is 5.56. The van der Waals surface area contributed by atoms with E-state index >= 15 is 0 Å². The number of anilines is 1. The van der Waals surface area contributed by atoms with Crippen LogP contribution in [-0.2, 0) is 26.0 Å². The molecule has 0 radical (unpaired) electrons. The topological polar surface area (TPSA) is 86.8 Å². The van der Waals surface area contributed by atoms with Crippen molar-refractivity contribution < 1.29 is 18.0 Å². The smallest absolute Gasteiger partial charge is 0.264 e. The molecular formula is C34H43N3O4S. The molecule has 0 bridgehead atoms. The molecule has 1 saturated carbocycles. The van der Waals surface area contributed by atoms with Crippen LogP contribution in [0.25, 0.3) is 0 Å². The summed E-state index contributed by atoms with van der Waals surface area (Å²) >= 11 is 0. The molecule has 1 atom stereocenters. The van der Waals surface area contributed by atoms with E-state index in [0.29, 0.717) is 25.1 Å². The van der Waals surface area contributed by atoms with Crippen LogP contribution in [-0.4, -0.2) is 50.3 Å². The molecule has 0 aliphatic heterocycles. The highest BCUT2D eigenvalue weighted by molar-refractivity contribution is 7.92. The number of hydrogen-bond donors (Lipinski definition) is 1. The summed E-state index contributed by atoms with van der Waals surface area (Å²) in [5.41, 5.74) is 3.27. The van der Waals surface area contributed by atoms with Gasteiger partial charge in [-0.15, -0.1) is 0 Å². The molecule has 1 aliphatic rings. The first kappa shape index (κ1) is 31.3. The largest absolute Gasteiger partial charge is 0.352 e. The summed E-state index contributed by atoms with van der Waals surface area (Å²) in [7, 11) is -4.07. The van der Waals surface area contributed by atoms with Gasteiger partial charge in [-0.05, 0) is 74.9 Å². The average Bonchev–Trinajstić information content (AvgIpc) is 2.99. The van der Waals surface area contributed by atoms with Crippen LogP contribution in [0.15, 0.2) is 83.8 Å². The summed E-state index contributed by atoms with van der Waals surface area (Å²) < 4.78 is 29.2. The predicted octanol–water partition coefficient (Wildman–Crippen LogP) is 5.80. The molecule has 224 valence electrons. The monoisotopic (exact) mass is 589 g/mol. The number of nitrogens with zero attached hydrogens (tertiary/aromatic N) is 2. The third kappa shape index (κ3) is 8.00. The van der Waals surface area contributed by atoms with Crippen LogP contribution >= 0.6 is 0 Å². The van der Waals surface area contributed by atoms with E-state index in [9.17, 15) is 18.0 Å². The van der Waals surface area contributed by atoms with Crippen molar-refractivity contribution in [3.63, 3.8) is 0 Å². The van der Waals surface area contributed by atoms with Crippen molar-refractivity contribution >= 4 is 27.5 Å². The minimum absolute atomic E-state index is 0.108. The van der Waals surface area contributed by atoms with E-state index < -0.39 is 28.5 Å². The molecule has 3 aromatic carbocycles. The molecule has 0 unspecified atom stereocenters. The van der Waals surface area contributed by atoms with Gasteiger partial charge in [0, 0.05) is 12.6 Å². The maximum Gasteiger partial charge on any atom is 0.264 e. The van der Waals surface area contributed by atoms with Crippen LogP contribution in [0.2, 0.25) is 0 Å². The molecule has 0 saturated heterocycles.